The maximum atomic E-state index is 13.7. The van der Waals surface area contributed by atoms with E-state index in [1.54, 1.807) is 0 Å². The first-order chi connectivity index (χ1) is 19.0. The molecule has 0 saturated heterocycles. The van der Waals surface area contributed by atoms with Gasteiger partial charge in [-0.2, -0.15) is 9.50 Å². The number of aromatic nitrogens is 4. The third kappa shape index (κ3) is 4.99. The van der Waals surface area contributed by atoms with Crippen LogP contribution in [0.2, 0.25) is 5.02 Å². The van der Waals surface area contributed by atoms with Crippen LogP contribution >= 0.6 is 11.6 Å². The molecule has 39 heavy (non-hydrogen) atoms. The highest BCUT2D eigenvalue weighted by atomic mass is 35.5. The lowest BCUT2D eigenvalue weighted by atomic mass is 9.64. The van der Waals surface area contributed by atoms with E-state index in [9.17, 15) is 9.59 Å². The monoisotopic (exact) mass is 545 g/mol. The average Bonchev–Trinajstić information content (AvgIpc) is 3.38. The second-order valence-corrected chi connectivity index (χ2v) is 11.2. The van der Waals surface area contributed by atoms with E-state index < -0.39 is 5.60 Å². The number of fused-ring (bicyclic) bond motifs is 1. The molecule has 8 nitrogen and oxygen atoms in total. The summed E-state index contributed by atoms with van der Waals surface area (Å²) in [7, 11) is 0. The Morgan fingerprint density at radius 2 is 1.74 bits per heavy atom. The number of ether oxygens (including phenoxy) is 1. The van der Waals surface area contributed by atoms with Crippen molar-refractivity contribution in [3.8, 4) is 11.4 Å². The van der Waals surface area contributed by atoms with E-state index in [4.69, 9.17) is 16.3 Å². The van der Waals surface area contributed by atoms with Gasteiger partial charge in [0.2, 0.25) is 5.78 Å². The van der Waals surface area contributed by atoms with Crippen molar-refractivity contribution in [3.05, 3.63) is 87.3 Å². The summed E-state index contributed by atoms with van der Waals surface area (Å²) in [6, 6.07) is 18.9. The van der Waals surface area contributed by atoms with Crippen LogP contribution in [0.1, 0.15) is 62.6 Å². The molecule has 202 valence electrons. The number of carbonyl (C=O) groups excluding carboxylic acids is 1. The molecule has 2 N–H and O–H groups in total. The molecule has 6 rings (SSSR count). The van der Waals surface area contributed by atoms with Gasteiger partial charge in [0.05, 0.1) is 6.61 Å². The number of hydrogen-bond acceptors (Lipinski definition) is 5. The molecule has 0 unspecified atom stereocenters. The Morgan fingerprint density at radius 1 is 1.00 bits per heavy atom. The normalized spacial score (nSPS) is 18.0. The molecule has 2 aliphatic carbocycles. The summed E-state index contributed by atoms with van der Waals surface area (Å²) in [6.45, 7) is 0.633. The molecular weight excluding hydrogens is 514 g/mol. The van der Waals surface area contributed by atoms with Crippen LogP contribution in [0, 0.1) is 0 Å². The predicted octanol–water partition coefficient (Wildman–Crippen LogP) is 5.20. The van der Waals surface area contributed by atoms with Gasteiger partial charge in [-0.3, -0.25) is 9.59 Å². The number of carbonyl (C=O) groups is 1. The molecule has 2 aromatic carbocycles. The summed E-state index contributed by atoms with van der Waals surface area (Å²) in [6.07, 6.45) is 7.32. The Bertz CT molecular complexity index is 1540. The molecule has 2 fully saturated rings. The highest BCUT2D eigenvalue weighted by molar-refractivity contribution is 6.31. The maximum absolute atomic E-state index is 13.7. The molecule has 2 saturated carbocycles. The smallest absolute Gasteiger partial charge is 0.275 e. The van der Waals surface area contributed by atoms with Crippen LogP contribution in [0.4, 0.5) is 0 Å². The molecule has 0 radical (unpaired) electrons. The van der Waals surface area contributed by atoms with Gasteiger partial charge in [-0.1, -0.05) is 85.8 Å². The van der Waals surface area contributed by atoms with Gasteiger partial charge in [-0.15, -0.1) is 5.10 Å². The van der Waals surface area contributed by atoms with Gasteiger partial charge in [-0.05, 0) is 37.3 Å². The predicted molar refractivity (Wildman–Crippen MR) is 150 cm³/mol. The molecule has 4 aromatic rings. The Hall–Kier alpha value is -3.49. The van der Waals surface area contributed by atoms with Crippen molar-refractivity contribution in [1.29, 1.82) is 0 Å². The van der Waals surface area contributed by atoms with Gasteiger partial charge in [0.15, 0.2) is 5.82 Å². The zero-order valence-electron chi connectivity index (χ0n) is 21.8. The lowest BCUT2D eigenvalue weighted by molar-refractivity contribution is -0.155. The summed E-state index contributed by atoms with van der Waals surface area (Å²) in [5.74, 6) is 0.722. The van der Waals surface area contributed by atoms with E-state index in [1.807, 2.05) is 48.5 Å². The van der Waals surface area contributed by atoms with Crippen LogP contribution in [-0.4, -0.2) is 37.6 Å². The fourth-order valence-electron chi connectivity index (χ4n) is 5.95. The maximum Gasteiger partial charge on any atom is 0.275 e. The number of amides is 1. The van der Waals surface area contributed by atoms with Gasteiger partial charge in [0, 0.05) is 34.3 Å². The van der Waals surface area contributed by atoms with E-state index in [-0.39, 0.29) is 23.5 Å². The second-order valence-electron chi connectivity index (χ2n) is 10.8. The number of benzene rings is 2. The van der Waals surface area contributed by atoms with Crippen LogP contribution in [0.3, 0.4) is 0 Å². The number of nitrogens with zero attached hydrogens (tertiary/aromatic N) is 3. The van der Waals surface area contributed by atoms with Crippen molar-refractivity contribution in [2.24, 2.45) is 0 Å². The van der Waals surface area contributed by atoms with Crippen LogP contribution in [0.5, 0.6) is 0 Å². The number of H-pyrrole nitrogens is 1. The first kappa shape index (κ1) is 25.8. The molecular formula is C30H32ClN5O3. The molecule has 1 amide bonds. The quantitative estimate of drug-likeness (QED) is 0.317. The summed E-state index contributed by atoms with van der Waals surface area (Å²) in [4.78, 5) is 34.2. The average molecular weight is 546 g/mol. The number of aromatic amines is 1. The van der Waals surface area contributed by atoms with Crippen LogP contribution in [-0.2, 0) is 21.6 Å². The molecule has 2 aliphatic rings. The van der Waals surface area contributed by atoms with Gasteiger partial charge in [-0.25, -0.2) is 0 Å². The Morgan fingerprint density at radius 3 is 2.46 bits per heavy atom. The van der Waals surface area contributed by atoms with Crippen LogP contribution < -0.4 is 10.9 Å². The van der Waals surface area contributed by atoms with Gasteiger partial charge in [0.25, 0.3) is 11.5 Å². The van der Waals surface area contributed by atoms with E-state index >= 15 is 0 Å². The van der Waals surface area contributed by atoms with Crippen molar-refractivity contribution in [3.63, 3.8) is 0 Å². The lowest BCUT2D eigenvalue weighted by Crippen LogP contribution is -2.54. The van der Waals surface area contributed by atoms with Crippen molar-refractivity contribution in [1.82, 2.24) is 24.9 Å². The summed E-state index contributed by atoms with van der Waals surface area (Å²) in [5.41, 5.74) is 1.12. The minimum Gasteiger partial charge on any atom is -0.359 e. The minimum absolute atomic E-state index is 0.0854. The van der Waals surface area contributed by atoms with Gasteiger partial charge >= 0.3 is 0 Å². The zero-order chi connectivity index (χ0) is 26.9. The highest BCUT2D eigenvalue weighted by Crippen LogP contribution is 2.46. The fourth-order valence-corrected chi connectivity index (χ4v) is 6.28. The van der Waals surface area contributed by atoms with Crippen molar-refractivity contribution in [2.45, 2.75) is 69.0 Å². The minimum atomic E-state index is -0.935. The Labute approximate surface area is 231 Å². The highest BCUT2D eigenvalue weighted by Gasteiger charge is 2.44. The number of rotatable bonds is 8. The molecule has 0 aliphatic heterocycles. The fraction of sp³-hybridized carbons (Fsp3) is 0.400. The van der Waals surface area contributed by atoms with Crippen molar-refractivity contribution in [2.75, 3.05) is 6.54 Å². The molecule has 0 bridgehead atoms. The van der Waals surface area contributed by atoms with E-state index in [0.717, 1.165) is 54.7 Å². The summed E-state index contributed by atoms with van der Waals surface area (Å²) < 4.78 is 7.65. The van der Waals surface area contributed by atoms with E-state index in [1.165, 1.54) is 10.6 Å². The first-order valence-electron chi connectivity index (χ1n) is 13.7. The molecule has 0 spiro atoms. The molecule has 2 aromatic heterocycles. The van der Waals surface area contributed by atoms with Gasteiger partial charge in [0.1, 0.15) is 5.60 Å². The number of hydrogen-bond donors (Lipinski definition) is 2. The third-order valence-corrected chi connectivity index (χ3v) is 8.67. The van der Waals surface area contributed by atoms with Gasteiger partial charge < -0.3 is 15.0 Å². The number of nitrogens with one attached hydrogen (secondary N) is 2. The van der Waals surface area contributed by atoms with Crippen LogP contribution in [0.15, 0.2) is 65.5 Å². The molecule has 9 heteroatoms. The lowest BCUT2D eigenvalue weighted by Gasteiger charge is -2.44. The standard InChI is InChI=1S/C30H32ClN5O3/c31-24-13-6-5-12-23(24)29(14-9-15-29)20-32-27(38)30(16-7-2-8-17-30)39-19-22-18-25(37)36-28(33-22)34-26(35-36)21-10-3-1-4-11-21/h1,3-6,10-13,18H,2,7-9,14-17,19-20H2,(H,32,38)(H,33,34,35). The first-order valence-corrected chi connectivity index (χ1v) is 14.1. The summed E-state index contributed by atoms with van der Waals surface area (Å²) in [5, 5.41) is 8.34. The topological polar surface area (TPSA) is 101 Å². The number of halogens is 1. The van der Waals surface area contributed by atoms with Crippen LogP contribution in [0.25, 0.3) is 17.2 Å². The summed E-state index contributed by atoms with van der Waals surface area (Å²) >= 11 is 6.54. The van der Waals surface area contributed by atoms with Crippen molar-refractivity contribution < 1.29 is 9.53 Å². The SMILES string of the molecule is O=C(NCC1(c2ccccc2Cl)CCC1)C1(OCc2cc(=O)n3nc(-c4ccccc4)nc3[nH]2)CCCCC1. The Kier molecular flexibility index (Phi) is 6.99. The third-order valence-electron chi connectivity index (χ3n) is 8.34. The van der Waals surface area contributed by atoms with E-state index in [2.05, 4.69) is 26.4 Å². The van der Waals surface area contributed by atoms with E-state index in [0.29, 0.717) is 36.7 Å². The second kappa shape index (κ2) is 10.6. The van der Waals surface area contributed by atoms with Crippen molar-refractivity contribution >= 4 is 23.3 Å². The zero-order valence-corrected chi connectivity index (χ0v) is 22.5. The Balaban J connectivity index is 1.19. The molecule has 0 atom stereocenters. The molecule has 2 heterocycles. The largest absolute Gasteiger partial charge is 0.359 e.